The van der Waals surface area contributed by atoms with E-state index in [4.69, 9.17) is 11.6 Å². The van der Waals surface area contributed by atoms with Gasteiger partial charge < -0.3 is 15.3 Å². The first kappa shape index (κ1) is 14.2. The topological polar surface area (TPSA) is 52.6 Å². The first-order valence-electron chi connectivity index (χ1n) is 6.36. The smallest absolute Gasteiger partial charge is 0.317 e. The van der Waals surface area contributed by atoms with Gasteiger partial charge in [-0.1, -0.05) is 23.7 Å². The molecule has 0 saturated carbocycles. The molecule has 0 aromatic heterocycles. The molecule has 0 bridgehead atoms. The van der Waals surface area contributed by atoms with E-state index in [-0.39, 0.29) is 12.6 Å². The zero-order chi connectivity index (χ0) is 14.0. The lowest BCUT2D eigenvalue weighted by Crippen LogP contribution is -2.54. The summed E-state index contributed by atoms with van der Waals surface area (Å²) >= 11 is 5.84. The van der Waals surface area contributed by atoms with Crippen LogP contribution in [-0.4, -0.2) is 41.3 Å². The molecule has 19 heavy (non-hydrogen) atoms. The Labute approximate surface area is 118 Å². The van der Waals surface area contributed by atoms with Gasteiger partial charge in [0.1, 0.15) is 0 Å². The van der Waals surface area contributed by atoms with Crippen molar-refractivity contribution >= 4 is 17.6 Å². The zero-order valence-corrected chi connectivity index (χ0v) is 11.9. The summed E-state index contributed by atoms with van der Waals surface area (Å²) in [7, 11) is 0. The first-order chi connectivity index (χ1) is 8.85. The quantitative estimate of drug-likeness (QED) is 0.893. The molecular weight excluding hydrogens is 264 g/mol. The fourth-order valence-corrected chi connectivity index (χ4v) is 2.12. The van der Waals surface area contributed by atoms with Crippen molar-refractivity contribution in [2.45, 2.75) is 25.4 Å². The van der Waals surface area contributed by atoms with Crippen molar-refractivity contribution in [2.24, 2.45) is 0 Å². The number of carbonyl (C=O) groups excluding carboxylic acids is 1. The van der Waals surface area contributed by atoms with Crippen LogP contribution in [0.3, 0.4) is 0 Å². The standard InChI is InChI=1S/C14H19ClN2O2/c1-14(2,19)9-16-13(18)17-7-11(8-17)10-3-5-12(15)6-4-10/h3-6,11,19H,7-9H2,1-2H3,(H,16,18). The number of benzene rings is 1. The Kier molecular flexibility index (Phi) is 4.02. The Morgan fingerprint density at radius 2 is 2.00 bits per heavy atom. The fourth-order valence-electron chi connectivity index (χ4n) is 1.99. The van der Waals surface area contributed by atoms with Crippen molar-refractivity contribution in [2.75, 3.05) is 19.6 Å². The lowest BCUT2D eigenvalue weighted by atomic mass is 9.92. The molecule has 0 atom stereocenters. The molecule has 1 saturated heterocycles. The molecule has 0 radical (unpaired) electrons. The molecule has 2 amide bonds. The molecule has 1 fully saturated rings. The van der Waals surface area contributed by atoms with E-state index >= 15 is 0 Å². The third kappa shape index (κ3) is 3.85. The molecular formula is C14H19ClN2O2. The molecule has 2 rings (SSSR count). The summed E-state index contributed by atoms with van der Waals surface area (Å²) in [6, 6.07) is 7.62. The Hall–Kier alpha value is -1.26. The maximum absolute atomic E-state index is 11.8. The Bertz CT molecular complexity index is 448. The van der Waals surface area contributed by atoms with Crippen LogP contribution in [0.15, 0.2) is 24.3 Å². The lowest BCUT2D eigenvalue weighted by Gasteiger charge is -2.39. The molecule has 1 aliphatic heterocycles. The minimum absolute atomic E-state index is 0.118. The van der Waals surface area contributed by atoms with Crippen LogP contribution in [0.5, 0.6) is 0 Å². The summed E-state index contributed by atoms with van der Waals surface area (Å²) in [6.07, 6.45) is 0. The molecule has 5 heteroatoms. The molecule has 0 aliphatic carbocycles. The molecule has 1 aliphatic rings. The van der Waals surface area contributed by atoms with Crippen LogP contribution in [0.1, 0.15) is 25.3 Å². The Balaban J connectivity index is 1.79. The number of aliphatic hydroxyl groups is 1. The van der Waals surface area contributed by atoms with E-state index < -0.39 is 5.60 Å². The fraction of sp³-hybridized carbons (Fsp3) is 0.500. The number of carbonyl (C=O) groups is 1. The zero-order valence-electron chi connectivity index (χ0n) is 11.2. The second kappa shape index (κ2) is 5.39. The van der Waals surface area contributed by atoms with Crippen LogP contribution >= 0.6 is 11.6 Å². The Morgan fingerprint density at radius 3 is 2.53 bits per heavy atom. The highest BCUT2D eigenvalue weighted by Gasteiger charge is 2.32. The van der Waals surface area contributed by atoms with Gasteiger partial charge in [0.2, 0.25) is 0 Å². The summed E-state index contributed by atoms with van der Waals surface area (Å²) < 4.78 is 0. The summed E-state index contributed by atoms with van der Waals surface area (Å²) in [5.74, 6) is 0.380. The minimum atomic E-state index is -0.879. The largest absolute Gasteiger partial charge is 0.389 e. The maximum atomic E-state index is 11.8. The number of nitrogens with one attached hydrogen (secondary N) is 1. The van der Waals surface area contributed by atoms with E-state index in [1.165, 1.54) is 5.56 Å². The predicted octanol–water partition coefficient (Wildman–Crippen LogP) is 2.22. The van der Waals surface area contributed by atoms with Crippen LogP contribution in [0.25, 0.3) is 0 Å². The predicted molar refractivity (Wildman–Crippen MR) is 75.5 cm³/mol. The van der Waals surface area contributed by atoms with Crippen LogP contribution in [0.2, 0.25) is 5.02 Å². The van der Waals surface area contributed by atoms with Crippen LogP contribution < -0.4 is 5.32 Å². The van der Waals surface area contributed by atoms with Gasteiger partial charge in [-0.3, -0.25) is 0 Å². The first-order valence-corrected chi connectivity index (χ1v) is 6.73. The third-order valence-electron chi connectivity index (χ3n) is 3.18. The van der Waals surface area contributed by atoms with Gasteiger partial charge in [0.15, 0.2) is 0 Å². The number of halogens is 1. The van der Waals surface area contributed by atoms with Gasteiger partial charge in [-0.25, -0.2) is 4.79 Å². The summed E-state index contributed by atoms with van der Waals surface area (Å²) in [5.41, 5.74) is 0.326. The monoisotopic (exact) mass is 282 g/mol. The van der Waals surface area contributed by atoms with Gasteiger partial charge in [-0.15, -0.1) is 0 Å². The van der Waals surface area contributed by atoms with E-state index in [0.29, 0.717) is 19.0 Å². The van der Waals surface area contributed by atoms with Crippen molar-refractivity contribution in [1.29, 1.82) is 0 Å². The van der Waals surface area contributed by atoms with Gasteiger partial charge in [0, 0.05) is 30.6 Å². The third-order valence-corrected chi connectivity index (χ3v) is 3.43. The van der Waals surface area contributed by atoms with Gasteiger partial charge in [0.25, 0.3) is 0 Å². The average molecular weight is 283 g/mol. The number of likely N-dealkylation sites (tertiary alicyclic amines) is 1. The van der Waals surface area contributed by atoms with Crippen molar-refractivity contribution in [3.05, 3.63) is 34.9 Å². The van der Waals surface area contributed by atoms with E-state index in [0.717, 1.165) is 5.02 Å². The van der Waals surface area contributed by atoms with Crippen molar-refractivity contribution in [3.8, 4) is 0 Å². The second-order valence-corrected chi connectivity index (χ2v) is 6.06. The Morgan fingerprint density at radius 1 is 1.42 bits per heavy atom. The van der Waals surface area contributed by atoms with Crippen molar-refractivity contribution < 1.29 is 9.90 Å². The van der Waals surface area contributed by atoms with Crippen molar-refractivity contribution in [1.82, 2.24) is 10.2 Å². The van der Waals surface area contributed by atoms with Gasteiger partial charge in [-0.2, -0.15) is 0 Å². The van der Waals surface area contributed by atoms with Gasteiger partial charge in [-0.05, 0) is 31.5 Å². The van der Waals surface area contributed by atoms with E-state index in [1.807, 2.05) is 24.3 Å². The molecule has 0 spiro atoms. The van der Waals surface area contributed by atoms with E-state index in [1.54, 1.807) is 18.7 Å². The number of nitrogens with zero attached hydrogens (tertiary/aromatic N) is 1. The van der Waals surface area contributed by atoms with Gasteiger partial charge in [0.05, 0.1) is 5.60 Å². The lowest BCUT2D eigenvalue weighted by molar-refractivity contribution is 0.0765. The summed E-state index contributed by atoms with van der Waals surface area (Å²) in [4.78, 5) is 13.5. The van der Waals surface area contributed by atoms with Crippen LogP contribution in [0.4, 0.5) is 4.79 Å². The van der Waals surface area contributed by atoms with E-state index in [2.05, 4.69) is 5.32 Å². The SMILES string of the molecule is CC(C)(O)CNC(=O)N1CC(c2ccc(Cl)cc2)C1. The molecule has 4 nitrogen and oxygen atoms in total. The highest BCUT2D eigenvalue weighted by Crippen LogP contribution is 2.27. The highest BCUT2D eigenvalue weighted by atomic mass is 35.5. The molecule has 2 N–H and O–H groups in total. The average Bonchev–Trinajstić information content (AvgIpc) is 2.26. The van der Waals surface area contributed by atoms with Crippen molar-refractivity contribution in [3.63, 3.8) is 0 Å². The number of rotatable bonds is 3. The van der Waals surface area contributed by atoms with E-state index in [9.17, 15) is 9.90 Å². The summed E-state index contributed by atoms with van der Waals surface area (Å²) in [5, 5.41) is 13.0. The second-order valence-electron chi connectivity index (χ2n) is 5.62. The normalized spacial score (nSPS) is 16.1. The molecule has 1 heterocycles. The molecule has 1 aromatic rings. The highest BCUT2D eigenvalue weighted by molar-refractivity contribution is 6.30. The van der Waals surface area contributed by atoms with Crippen LogP contribution in [0, 0.1) is 0 Å². The minimum Gasteiger partial charge on any atom is -0.389 e. The number of hydrogen-bond acceptors (Lipinski definition) is 2. The van der Waals surface area contributed by atoms with Gasteiger partial charge >= 0.3 is 6.03 Å². The molecule has 0 unspecified atom stereocenters. The number of hydrogen-bond donors (Lipinski definition) is 2. The maximum Gasteiger partial charge on any atom is 0.317 e. The molecule has 1 aromatic carbocycles. The number of amides is 2. The molecule has 104 valence electrons. The number of urea groups is 1. The summed E-state index contributed by atoms with van der Waals surface area (Å²) in [6.45, 7) is 5.01. The van der Waals surface area contributed by atoms with Crippen LogP contribution in [-0.2, 0) is 0 Å².